The zero-order chi connectivity index (χ0) is 18.6. The van der Waals surface area contributed by atoms with E-state index in [-0.39, 0.29) is 0 Å². The Morgan fingerprint density at radius 1 is 1.11 bits per heavy atom. The molecule has 0 spiro atoms. The van der Waals surface area contributed by atoms with Crippen molar-refractivity contribution >= 4 is 38.2 Å². The fourth-order valence-corrected chi connectivity index (χ4v) is 7.54. The van der Waals surface area contributed by atoms with Crippen LogP contribution in [0.25, 0.3) is 11.1 Å². The maximum atomic E-state index is 12.0. The quantitative estimate of drug-likeness (QED) is 0.551. The molecule has 0 radical (unpaired) electrons. The minimum Gasteiger partial charge on any atom is -0.478 e. The van der Waals surface area contributed by atoms with Gasteiger partial charge in [-0.2, -0.15) is 0 Å². The van der Waals surface area contributed by atoms with Crippen LogP contribution in [0.2, 0.25) is 0 Å². The van der Waals surface area contributed by atoms with Gasteiger partial charge >= 0.3 is 5.97 Å². The van der Waals surface area contributed by atoms with Crippen molar-refractivity contribution in [2.24, 2.45) is 23.2 Å². The second-order valence-electron chi connectivity index (χ2n) is 8.94. The number of aromatic carboxylic acids is 1. The van der Waals surface area contributed by atoms with Gasteiger partial charge in [0.25, 0.3) is 0 Å². The molecular weight excluding hydrogens is 422 g/mol. The Kier molecular flexibility index (Phi) is 4.36. The number of benzene rings is 1. The van der Waals surface area contributed by atoms with Crippen LogP contribution in [0.4, 0.5) is 5.00 Å². The van der Waals surface area contributed by atoms with E-state index in [0.29, 0.717) is 11.0 Å². The van der Waals surface area contributed by atoms with Gasteiger partial charge in [0.15, 0.2) is 0 Å². The Labute approximate surface area is 172 Å². The number of carboxylic acid groups (broad SMARTS) is 1. The van der Waals surface area contributed by atoms with Gasteiger partial charge in [0.1, 0.15) is 10.6 Å². The van der Waals surface area contributed by atoms with Gasteiger partial charge in [-0.25, -0.2) is 4.79 Å². The summed E-state index contributed by atoms with van der Waals surface area (Å²) < 4.78 is 0.999. The number of carboxylic acids is 1. The van der Waals surface area contributed by atoms with Crippen LogP contribution >= 0.6 is 27.3 Å². The molecule has 0 atom stereocenters. The molecule has 4 fully saturated rings. The third-order valence-electron chi connectivity index (χ3n) is 6.95. The summed E-state index contributed by atoms with van der Waals surface area (Å²) in [6, 6.07) is 7.87. The Balaban J connectivity index is 1.39. The number of nitrogens with one attached hydrogen (secondary N) is 1. The van der Waals surface area contributed by atoms with E-state index in [4.69, 9.17) is 0 Å². The number of hydrogen-bond acceptors (Lipinski definition) is 3. The van der Waals surface area contributed by atoms with Crippen molar-refractivity contribution in [2.45, 2.75) is 38.5 Å². The SMILES string of the molecule is O=C(O)c1c(-c2ccc(Br)cc2)csc1NCC12CC3CC(CC(C3)C1)C2. The smallest absolute Gasteiger partial charge is 0.339 e. The molecule has 4 aliphatic rings. The number of hydrogen-bond donors (Lipinski definition) is 2. The van der Waals surface area contributed by atoms with Crippen molar-refractivity contribution in [3.05, 3.63) is 39.7 Å². The maximum Gasteiger partial charge on any atom is 0.339 e. The predicted molar refractivity (Wildman–Crippen MR) is 114 cm³/mol. The van der Waals surface area contributed by atoms with Crippen LogP contribution in [-0.2, 0) is 0 Å². The summed E-state index contributed by atoms with van der Waals surface area (Å²) in [4.78, 5) is 12.0. The second kappa shape index (κ2) is 6.63. The number of halogens is 1. The van der Waals surface area contributed by atoms with E-state index in [0.717, 1.165) is 44.9 Å². The van der Waals surface area contributed by atoms with E-state index >= 15 is 0 Å². The van der Waals surface area contributed by atoms with Crippen LogP contribution in [0.5, 0.6) is 0 Å². The predicted octanol–water partition coefficient (Wildman–Crippen LogP) is 6.50. The number of anilines is 1. The van der Waals surface area contributed by atoms with Crippen LogP contribution < -0.4 is 5.32 Å². The highest BCUT2D eigenvalue weighted by Gasteiger charge is 2.50. The lowest BCUT2D eigenvalue weighted by molar-refractivity contribution is -0.0444. The highest BCUT2D eigenvalue weighted by atomic mass is 79.9. The molecule has 2 N–H and O–H groups in total. The molecule has 27 heavy (non-hydrogen) atoms. The lowest BCUT2D eigenvalue weighted by Crippen LogP contribution is -2.49. The summed E-state index contributed by atoms with van der Waals surface area (Å²) >= 11 is 4.97. The average Bonchev–Trinajstić information content (AvgIpc) is 3.04. The minimum absolute atomic E-state index is 0.395. The molecule has 1 aromatic heterocycles. The Hall–Kier alpha value is -1.33. The van der Waals surface area contributed by atoms with Gasteiger partial charge in [0, 0.05) is 22.0 Å². The zero-order valence-electron chi connectivity index (χ0n) is 15.2. The molecule has 4 saturated carbocycles. The first-order chi connectivity index (χ1) is 13.0. The van der Waals surface area contributed by atoms with E-state index in [9.17, 15) is 9.90 Å². The van der Waals surface area contributed by atoms with Gasteiger partial charge in [0.05, 0.1) is 0 Å². The molecule has 0 unspecified atom stereocenters. The van der Waals surface area contributed by atoms with Gasteiger partial charge in [0.2, 0.25) is 0 Å². The number of thiophene rings is 1. The third-order valence-corrected chi connectivity index (χ3v) is 8.42. The van der Waals surface area contributed by atoms with E-state index in [1.54, 1.807) is 0 Å². The lowest BCUT2D eigenvalue weighted by atomic mass is 9.49. The van der Waals surface area contributed by atoms with Crippen molar-refractivity contribution in [1.29, 1.82) is 0 Å². The van der Waals surface area contributed by atoms with Crippen molar-refractivity contribution in [3.8, 4) is 11.1 Å². The summed E-state index contributed by atoms with van der Waals surface area (Å²) in [6.07, 6.45) is 8.31. The normalized spacial score (nSPS) is 31.2. The molecule has 3 nitrogen and oxygen atoms in total. The maximum absolute atomic E-state index is 12.0. The summed E-state index contributed by atoms with van der Waals surface area (Å²) in [7, 11) is 0. The molecule has 6 rings (SSSR count). The molecule has 0 aliphatic heterocycles. The first-order valence-electron chi connectivity index (χ1n) is 9.86. The van der Waals surface area contributed by atoms with Gasteiger partial charge in [-0.3, -0.25) is 0 Å². The molecule has 2 aromatic rings. The molecule has 0 amide bonds. The van der Waals surface area contributed by atoms with Crippen molar-refractivity contribution in [3.63, 3.8) is 0 Å². The standard InChI is InChI=1S/C22H24BrNO2S/c23-17-3-1-16(2-4-17)18-11-27-20(19(18)21(25)26)24-12-22-8-13-5-14(9-22)7-15(6-13)10-22/h1-4,11,13-15,24H,5-10,12H2,(H,25,26). The highest BCUT2D eigenvalue weighted by molar-refractivity contribution is 9.10. The number of carbonyl (C=O) groups is 1. The molecular formula is C22H24BrNO2S. The zero-order valence-corrected chi connectivity index (χ0v) is 17.6. The third kappa shape index (κ3) is 3.23. The average molecular weight is 446 g/mol. The van der Waals surface area contributed by atoms with Crippen molar-refractivity contribution < 1.29 is 9.90 Å². The fraction of sp³-hybridized carbons (Fsp3) is 0.500. The molecule has 1 heterocycles. The van der Waals surface area contributed by atoms with E-state index < -0.39 is 5.97 Å². The Morgan fingerprint density at radius 2 is 1.70 bits per heavy atom. The van der Waals surface area contributed by atoms with Crippen LogP contribution in [-0.4, -0.2) is 17.6 Å². The van der Waals surface area contributed by atoms with Gasteiger partial charge in [-0.05, 0) is 79.4 Å². The van der Waals surface area contributed by atoms with E-state index in [1.165, 1.54) is 49.9 Å². The lowest BCUT2D eigenvalue weighted by Gasteiger charge is -2.57. The van der Waals surface area contributed by atoms with Crippen LogP contribution in [0.3, 0.4) is 0 Å². The first kappa shape index (κ1) is 17.7. The summed E-state index contributed by atoms with van der Waals surface area (Å²) in [5.41, 5.74) is 2.58. The van der Waals surface area contributed by atoms with Gasteiger partial charge in [-0.15, -0.1) is 11.3 Å². The van der Waals surface area contributed by atoms with Gasteiger partial charge in [-0.1, -0.05) is 28.1 Å². The number of rotatable bonds is 5. The van der Waals surface area contributed by atoms with Crippen molar-refractivity contribution in [2.75, 3.05) is 11.9 Å². The minimum atomic E-state index is -0.845. The van der Waals surface area contributed by atoms with Crippen LogP contribution in [0.1, 0.15) is 48.9 Å². The van der Waals surface area contributed by atoms with Crippen molar-refractivity contribution in [1.82, 2.24) is 0 Å². The largest absolute Gasteiger partial charge is 0.478 e. The molecule has 4 aliphatic carbocycles. The van der Waals surface area contributed by atoms with Crippen LogP contribution in [0.15, 0.2) is 34.1 Å². The van der Waals surface area contributed by atoms with E-state index in [2.05, 4.69) is 21.2 Å². The Bertz CT molecular complexity index is 838. The first-order valence-corrected chi connectivity index (χ1v) is 11.5. The molecule has 1 aromatic carbocycles. The summed E-state index contributed by atoms with van der Waals surface area (Å²) in [5.74, 6) is 1.90. The van der Waals surface area contributed by atoms with Gasteiger partial charge < -0.3 is 10.4 Å². The molecule has 142 valence electrons. The molecule has 5 heteroatoms. The summed E-state index contributed by atoms with van der Waals surface area (Å²) in [5, 5.41) is 16.2. The topological polar surface area (TPSA) is 49.3 Å². The van der Waals surface area contributed by atoms with Crippen LogP contribution in [0, 0.1) is 23.2 Å². The monoisotopic (exact) mass is 445 g/mol. The fourth-order valence-electron chi connectivity index (χ4n) is 6.32. The Morgan fingerprint density at radius 3 is 2.26 bits per heavy atom. The molecule has 4 bridgehead atoms. The summed E-state index contributed by atoms with van der Waals surface area (Å²) in [6.45, 7) is 0.928. The highest BCUT2D eigenvalue weighted by Crippen LogP contribution is 2.60. The molecule has 0 saturated heterocycles. The van der Waals surface area contributed by atoms with E-state index in [1.807, 2.05) is 29.6 Å². The second-order valence-corrected chi connectivity index (χ2v) is 10.7.